The summed E-state index contributed by atoms with van der Waals surface area (Å²) in [6.45, 7) is 8.78. The molecular formula is C37H44N5O5P. The van der Waals surface area contributed by atoms with Gasteiger partial charge in [0.2, 0.25) is 0 Å². The molecule has 2 heterocycles. The fraction of sp³-hybridized carbons (Fsp3) is 0.378. The number of nitrogens with zero attached hydrogens (tertiary/aromatic N) is 3. The minimum atomic E-state index is -1.54. The molecule has 4 atom stereocenters. The summed E-state index contributed by atoms with van der Waals surface area (Å²) < 4.78 is 23.0. The summed E-state index contributed by atoms with van der Waals surface area (Å²) in [7, 11) is -1.54. The van der Waals surface area contributed by atoms with Gasteiger partial charge in [0.25, 0.3) is 14.1 Å². The zero-order chi connectivity index (χ0) is 34.1. The molecule has 0 saturated carbocycles. The molecule has 10 nitrogen and oxygen atoms in total. The highest BCUT2D eigenvalue weighted by atomic mass is 31.2. The second-order valence-corrected chi connectivity index (χ2v) is 13.8. The molecule has 1 unspecified atom stereocenters. The summed E-state index contributed by atoms with van der Waals surface area (Å²) in [4.78, 5) is 27.3. The lowest BCUT2D eigenvalue weighted by atomic mass is 9.76. The summed E-state index contributed by atoms with van der Waals surface area (Å²) in [5.74, 6) is 0. The molecule has 5 rings (SSSR count). The second-order valence-electron chi connectivity index (χ2n) is 12.3. The molecule has 2 N–H and O–H groups in total. The molecular weight excluding hydrogens is 625 g/mol. The maximum atomic E-state index is 13.0. The van der Waals surface area contributed by atoms with E-state index in [1.54, 1.807) is 0 Å². The second kappa shape index (κ2) is 16.4. The van der Waals surface area contributed by atoms with Gasteiger partial charge in [-0.15, -0.1) is 0 Å². The first kappa shape index (κ1) is 35.4. The summed E-state index contributed by atoms with van der Waals surface area (Å²) in [6, 6.07) is 34.3. The van der Waals surface area contributed by atoms with Crippen LogP contribution in [0.4, 0.5) is 0 Å². The van der Waals surface area contributed by atoms with Crippen molar-refractivity contribution < 1.29 is 13.8 Å². The fourth-order valence-electron chi connectivity index (χ4n) is 6.40. The van der Waals surface area contributed by atoms with Crippen LogP contribution in [0.2, 0.25) is 0 Å². The van der Waals surface area contributed by atoms with Crippen LogP contribution in [-0.4, -0.2) is 51.7 Å². The third-order valence-electron chi connectivity index (χ3n) is 8.43. The van der Waals surface area contributed by atoms with Crippen LogP contribution in [0, 0.1) is 11.3 Å². The van der Waals surface area contributed by atoms with E-state index in [0.717, 1.165) is 16.7 Å². The molecule has 1 aliphatic heterocycles. The molecule has 0 spiro atoms. The van der Waals surface area contributed by atoms with Crippen molar-refractivity contribution in [3.05, 3.63) is 141 Å². The van der Waals surface area contributed by atoms with Gasteiger partial charge in [-0.1, -0.05) is 91.0 Å². The first-order chi connectivity index (χ1) is 23.2. The number of aromatic amines is 1. The van der Waals surface area contributed by atoms with Gasteiger partial charge in [-0.25, -0.2) is 9.46 Å². The molecule has 1 fully saturated rings. The highest BCUT2D eigenvalue weighted by Crippen LogP contribution is 2.47. The van der Waals surface area contributed by atoms with Gasteiger partial charge in [0.1, 0.15) is 6.23 Å². The number of rotatable bonds is 15. The lowest BCUT2D eigenvalue weighted by molar-refractivity contribution is -0.0278. The molecule has 48 heavy (non-hydrogen) atoms. The minimum absolute atomic E-state index is 0.131. The third-order valence-corrected chi connectivity index (χ3v) is 10.5. The molecule has 11 heteroatoms. The van der Waals surface area contributed by atoms with Crippen LogP contribution in [0.1, 0.15) is 63.5 Å². The number of aromatic nitrogens is 2. The van der Waals surface area contributed by atoms with Gasteiger partial charge in [-0.05, 0) is 44.4 Å². The lowest BCUT2D eigenvalue weighted by Gasteiger charge is -2.40. The lowest BCUT2D eigenvalue weighted by Crippen LogP contribution is -2.53. The molecule has 252 valence electrons. The van der Waals surface area contributed by atoms with Crippen LogP contribution in [0.3, 0.4) is 0 Å². The summed E-state index contributed by atoms with van der Waals surface area (Å²) in [5.41, 5.74) is 1.32. The number of ether oxygens (including phenoxy) is 1. The number of hydrogen-bond donors (Lipinski definition) is 2. The Morgan fingerprint density at radius 1 is 0.917 bits per heavy atom. The zero-order valence-corrected chi connectivity index (χ0v) is 28.8. The van der Waals surface area contributed by atoms with Crippen molar-refractivity contribution in [3.8, 4) is 6.07 Å². The van der Waals surface area contributed by atoms with Crippen LogP contribution < -0.4 is 16.6 Å². The number of nitriles is 1. The smallest absolute Gasteiger partial charge is 0.330 e. The van der Waals surface area contributed by atoms with Crippen molar-refractivity contribution in [2.24, 2.45) is 0 Å². The Morgan fingerprint density at radius 2 is 1.46 bits per heavy atom. The Hall–Kier alpha value is -3.94. The van der Waals surface area contributed by atoms with Crippen LogP contribution in [0.15, 0.2) is 113 Å². The monoisotopic (exact) mass is 669 g/mol. The molecule has 3 aromatic carbocycles. The van der Waals surface area contributed by atoms with E-state index in [0.29, 0.717) is 6.42 Å². The first-order valence-corrected chi connectivity index (χ1v) is 17.5. The topological polar surface area (TPSA) is 122 Å². The van der Waals surface area contributed by atoms with Gasteiger partial charge in [0.15, 0.2) is 0 Å². The van der Waals surface area contributed by atoms with Gasteiger partial charge < -0.3 is 13.8 Å². The maximum absolute atomic E-state index is 13.0. The molecule has 4 aromatic rings. The van der Waals surface area contributed by atoms with E-state index in [4.69, 9.17) is 13.8 Å². The maximum Gasteiger partial charge on any atom is 0.330 e. The SMILES string of the molecule is CC(C)N(C(C)C)P(OCCC#N)OC[C@H]1O[C@@H](n2ccc(=O)[nH]c2=O)C[C@@H]1NC(c1ccccc1)(c1ccccc1)c1ccccc1. The Kier molecular flexibility index (Phi) is 12.1. The van der Waals surface area contributed by atoms with Gasteiger partial charge in [0.05, 0.1) is 37.3 Å². The van der Waals surface area contributed by atoms with E-state index in [9.17, 15) is 14.9 Å². The van der Waals surface area contributed by atoms with E-state index in [-0.39, 0.29) is 37.8 Å². The van der Waals surface area contributed by atoms with E-state index < -0.39 is 37.6 Å². The molecule has 0 amide bonds. The largest absolute Gasteiger partial charge is 0.351 e. The first-order valence-electron chi connectivity index (χ1n) is 16.4. The van der Waals surface area contributed by atoms with Crippen LogP contribution >= 0.6 is 8.53 Å². The predicted octanol–water partition coefficient (Wildman–Crippen LogP) is 6.07. The number of benzene rings is 3. The molecule has 1 saturated heterocycles. The van der Waals surface area contributed by atoms with Gasteiger partial charge in [-0.2, -0.15) is 5.26 Å². The molecule has 1 aromatic heterocycles. The number of H-pyrrole nitrogens is 1. The quantitative estimate of drug-likeness (QED) is 0.0890. The standard InChI is InChI=1S/C37H44N5O5P/c1-27(2)42(28(3)4)48(45-24-14-22-38)46-26-33-32(25-35(47-33)41-23-21-34(43)39-36(41)44)40-37(29-15-8-5-9-16-29,30-17-10-6-11-18-30)31-19-12-7-13-20-31/h5-13,15-21,23,27-28,32-33,35,40H,14,24-26H2,1-4H3,(H,39,43,44)/t32-,33+,35+,48?/m0/s1. The van der Waals surface area contributed by atoms with Crippen LogP contribution in [0.5, 0.6) is 0 Å². The summed E-state index contributed by atoms with van der Waals surface area (Å²) in [6.07, 6.45) is 0.954. The van der Waals surface area contributed by atoms with Gasteiger partial charge >= 0.3 is 5.69 Å². The average Bonchev–Trinajstić information content (AvgIpc) is 3.48. The predicted molar refractivity (Wildman–Crippen MR) is 187 cm³/mol. The Balaban J connectivity index is 1.57. The molecule has 0 radical (unpaired) electrons. The Labute approximate surface area is 283 Å². The van der Waals surface area contributed by atoms with Crippen molar-refractivity contribution >= 4 is 8.53 Å². The van der Waals surface area contributed by atoms with Gasteiger partial charge in [-0.3, -0.25) is 19.7 Å². The Bertz CT molecular complexity index is 1640. The zero-order valence-electron chi connectivity index (χ0n) is 27.9. The van der Waals surface area contributed by atoms with Crippen molar-refractivity contribution in [2.45, 2.75) is 76.5 Å². The van der Waals surface area contributed by atoms with E-state index in [1.807, 2.05) is 54.6 Å². The fourth-order valence-corrected chi connectivity index (χ4v) is 8.02. The van der Waals surface area contributed by atoms with E-state index in [1.165, 1.54) is 16.8 Å². The normalized spacial score (nSPS) is 18.8. The van der Waals surface area contributed by atoms with Crippen molar-refractivity contribution in [3.63, 3.8) is 0 Å². The van der Waals surface area contributed by atoms with Crippen molar-refractivity contribution in [1.82, 2.24) is 19.5 Å². The number of hydrogen-bond acceptors (Lipinski definition) is 8. The number of nitrogens with one attached hydrogen (secondary N) is 2. The van der Waals surface area contributed by atoms with Crippen LogP contribution in [-0.2, 0) is 19.3 Å². The van der Waals surface area contributed by atoms with E-state index in [2.05, 4.69) is 85.1 Å². The molecule has 0 bridgehead atoms. The van der Waals surface area contributed by atoms with Crippen LogP contribution in [0.25, 0.3) is 0 Å². The highest BCUT2D eigenvalue weighted by Gasteiger charge is 2.45. The molecule has 1 aliphatic rings. The van der Waals surface area contributed by atoms with E-state index >= 15 is 0 Å². The summed E-state index contributed by atoms with van der Waals surface area (Å²) in [5, 5.41) is 13.2. The minimum Gasteiger partial charge on any atom is -0.351 e. The average molecular weight is 670 g/mol. The Morgan fingerprint density at radius 3 is 1.94 bits per heavy atom. The molecule has 0 aliphatic carbocycles. The van der Waals surface area contributed by atoms with Crippen molar-refractivity contribution in [1.29, 1.82) is 5.26 Å². The third kappa shape index (κ3) is 8.01. The van der Waals surface area contributed by atoms with Gasteiger partial charge in [0, 0.05) is 36.8 Å². The summed E-state index contributed by atoms with van der Waals surface area (Å²) >= 11 is 0. The highest BCUT2D eigenvalue weighted by molar-refractivity contribution is 7.44. The van der Waals surface area contributed by atoms with Crippen molar-refractivity contribution in [2.75, 3.05) is 13.2 Å².